The molecule has 0 radical (unpaired) electrons. The lowest BCUT2D eigenvalue weighted by molar-refractivity contribution is 0.358. The zero-order valence-electron chi connectivity index (χ0n) is 24.5. The number of anilines is 1. The van der Waals surface area contributed by atoms with Crippen LogP contribution in [0.2, 0.25) is 0 Å². The first-order chi connectivity index (χ1) is 19.2. The van der Waals surface area contributed by atoms with Gasteiger partial charge in [0, 0.05) is 41.7 Å². The van der Waals surface area contributed by atoms with E-state index in [9.17, 15) is 0 Å². The SMILES string of the molecule is COc1cc(C(=N)N(C)C=N)ccc1N/C(C)=N/c1c(C=C(C)C)cc(-c2ccnc(C)c2)n1C1CCCCC1. The summed E-state index contributed by atoms with van der Waals surface area (Å²) in [5.41, 5.74) is 7.07. The molecule has 1 aliphatic carbocycles. The van der Waals surface area contributed by atoms with Crippen LogP contribution in [0.4, 0.5) is 11.5 Å². The maximum absolute atomic E-state index is 8.32. The minimum atomic E-state index is 0.223. The molecule has 0 saturated heterocycles. The van der Waals surface area contributed by atoms with Gasteiger partial charge in [0.15, 0.2) is 0 Å². The first kappa shape index (κ1) is 28.8. The summed E-state index contributed by atoms with van der Waals surface area (Å²) in [6.07, 6.45) is 11.2. The molecule has 8 heteroatoms. The molecule has 40 heavy (non-hydrogen) atoms. The van der Waals surface area contributed by atoms with E-state index in [0.717, 1.165) is 53.3 Å². The normalized spacial score (nSPS) is 14.0. The fraction of sp³-hybridized carbons (Fsp3) is 0.375. The molecule has 4 rings (SSSR count). The summed E-state index contributed by atoms with van der Waals surface area (Å²) in [6.45, 7) is 8.24. The van der Waals surface area contributed by atoms with E-state index in [-0.39, 0.29) is 5.84 Å². The van der Waals surface area contributed by atoms with Gasteiger partial charge < -0.3 is 19.5 Å². The van der Waals surface area contributed by atoms with Crippen molar-refractivity contribution in [2.45, 2.75) is 65.8 Å². The van der Waals surface area contributed by atoms with Gasteiger partial charge in [0.05, 0.1) is 24.8 Å². The molecule has 1 saturated carbocycles. The standard InChI is InChI=1S/C32H41N7O/c1-21(2)16-26-18-29(24-14-15-35-22(3)17-24)39(27-10-8-7-9-11-27)32(26)37-23(4)36-28-13-12-25(19-30(28)40-6)31(34)38(5)20-33/h12-20,27,33-34H,7-11H2,1-6H3,(H,36,37). The lowest BCUT2D eigenvalue weighted by atomic mass is 9.95. The van der Waals surface area contributed by atoms with Crippen LogP contribution in [0.1, 0.15) is 75.7 Å². The maximum atomic E-state index is 8.32. The van der Waals surface area contributed by atoms with Crippen LogP contribution in [-0.2, 0) is 0 Å². The second-order valence-electron chi connectivity index (χ2n) is 10.7. The highest BCUT2D eigenvalue weighted by molar-refractivity contribution is 6.03. The molecule has 0 bridgehead atoms. The van der Waals surface area contributed by atoms with Crippen LogP contribution in [0.15, 0.2) is 53.2 Å². The third-order valence-corrected chi connectivity index (χ3v) is 7.23. The minimum absolute atomic E-state index is 0.223. The highest BCUT2D eigenvalue weighted by atomic mass is 16.5. The molecule has 3 aromatic rings. The molecule has 0 aliphatic heterocycles. The van der Waals surface area contributed by atoms with Crippen LogP contribution in [0.5, 0.6) is 5.75 Å². The zero-order valence-corrected chi connectivity index (χ0v) is 24.5. The maximum Gasteiger partial charge on any atom is 0.143 e. The van der Waals surface area contributed by atoms with Gasteiger partial charge in [-0.2, -0.15) is 0 Å². The van der Waals surface area contributed by atoms with E-state index in [1.54, 1.807) is 20.2 Å². The van der Waals surface area contributed by atoms with Gasteiger partial charge in [-0.25, -0.2) is 4.99 Å². The summed E-state index contributed by atoms with van der Waals surface area (Å²) in [6, 6.07) is 12.4. The Morgan fingerprint density at radius 1 is 1.12 bits per heavy atom. The van der Waals surface area contributed by atoms with E-state index >= 15 is 0 Å². The summed E-state index contributed by atoms with van der Waals surface area (Å²) in [5.74, 6) is 2.53. The van der Waals surface area contributed by atoms with Gasteiger partial charge in [-0.3, -0.25) is 15.8 Å². The topological polar surface area (TPSA) is 102 Å². The number of allylic oxidation sites excluding steroid dienone is 1. The predicted octanol–water partition coefficient (Wildman–Crippen LogP) is 7.82. The van der Waals surface area contributed by atoms with E-state index in [1.807, 2.05) is 32.2 Å². The fourth-order valence-electron chi connectivity index (χ4n) is 5.30. The van der Waals surface area contributed by atoms with Gasteiger partial charge in [0.2, 0.25) is 0 Å². The molecule has 2 aromatic heterocycles. The number of pyridine rings is 1. The van der Waals surface area contributed by atoms with E-state index in [4.69, 9.17) is 20.5 Å². The second-order valence-corrected chi connectivity index (χ2v) is 10.7. The predicted molar refractivity (Wildman–Crippen MR) is 167 cm³/mol. The third-order valence-electron chi connectivity index (χ3n) is 7.23. The lowest BCUT2D eigenvalue weighted by Gasteiger charge is -2.27. The first-order valence-corrected chi connectivity index (χ1v) is 13.9. The van der Waals surface area contributed by atoms with E-state index in [2.05, 4.69) is 53.0 Å². The highest BCUT2D eigenvalue weighted by Gasteiger charge is 2.24. The van der Waals surface area contributed by atoms with Gasteiger partial charge >= 0.3 is 0 Å². The molecule has 210 valence electrons. The summed E-state index contributed by atoms with van der Waals surface area (Å²) < 4.78 is 8.11. The van der Waals surface area contributed by atoms with Crippen LogP contribution in [0.25, 0.3) is 17.3 Å². The van der Waals surface area contributed by atoms with Gasteiger partial charge in [-0.15, -0.1) is 0 Å². The Morgan fingerprint density at radius 2 is 1.88 bits per heavy atom. The zero-order chi connectivity index (χ0) is 28.8. The smallest absolute Gasteiger partial charge is 0.143 e. The highest BCUT2D eigenvalue weighted by Crippen LogP contribution is 2.41. The monoisotopic (exact) mass is 539 g/mol. The molecule has 0 unspecified atom stereocenters. The molecule has 0 spiro atoms. The lowest BCUT2D eigenvalue weighted by Crippen LogP contribution is -2.24. The van der Waals surface area contributed by atoms with Crippen molar-refractivity contribution in [3.8, 4) is 17.0 Å². The molecular formula is C32H41N7O. The average molecular weight is 540 g/mol. The van der Waals surface area contributed by atoms with E-state index in [1.165, 1.54) is 35.4 Å². The van der Waals surface area contributed by atoms with E-state index in [0.29, 0.717) is 17.4 Å². The average Bonchev–Trinajstić information content (AvgIpc) is 3.29. The molecule has 1 aromatic carbocycles. The van der Waals surface area contributed by atoms with Crippen molar-refractivity contribution < 1.29 is 4.74 Å². The van der Waals surface area contributed by atoms with Gasteiger partial charge in [0.25, 0.3) is 0 Å². The number of benzene rings is 1. The third kappa shape index (κ3) is 6.50. The number of hydrogen-bond donors (Lipinski definition) is 3. The quantitative estimate of drug-likeness (QED) is 0.200. The first-order valence-electron chi connectivity index (χ1n) is 13.9. The largest absolute Gasteiger partial charge is 0.495 e. The number of aromatic nitrogens is 2. The molecule has 1 aliphatic rings. The number of amidine groups is 2. The number of nitrogens with one attached hydrogen (secondary N) is 3. The van der Waals surface area contributed by atoms with Crippen molar-refractivity contribution >= 4 is 35.6 Å². The van der Waals surface area contributed by atoms with Crippen LogP contribution < -0.4 is 10.1 Å². The van der Waals surface area contributed by atoms with Crippen molar-refractivity contribution in [3.63, 3.8) is 0 Å². The number of aliphatic imine (C=N–C) groups is 1. The summed E-state index contributed by atoms with van der Waals surface area (Å²) in [4.78, 5) is 11.1. The number of aryl methyl sites for hydroxylation is 1. The van der Waals surface area contributed by atoms with Crippen LogP contribution in [-0.4, -0.2) is 46.6 Å². The Kier molecular flexibility index (Phi) is 9.19. The van der Waals surface area contributed by atoms with E-state index < -0.39 is 0 Å². The summed E-state index contributed by atoms with van der Waals surface area (Å²) >= 11 is 0. The molecule has 2 heterocycles. The second kappa shape index (κ2) is 12.8. The molecule has 8 nitrogen and oxygen atoms in total. The molecule has 1 fully saturated rings. The number of rotatable bonds is 8. The van der Waals surface area contributed by atoms with Gasteiger partial charge in [-0.05, 0) is 76.9 Å². The Bertz CT molecular complexity index is 1440. The van der Waals surface area contributed by atoms with Crippen molar-refractivity contribution in [1.29, 1.82) is 10.8 Å². The van der Waals surface area contributed by atoms with Crippen molar-refractivity contribution in [1.82, 2.24) is 14.5 Å². The number of methoxy groups -OCH3 is 1. The van der Waals surface area contributed by atoms with Crippen molar-refractivity contribution in [3.05, 3.63) is 65.0 Å². The summed E-state index contributed by atoms with van der Waals surface area (Å²) in [5, 5.41) is 19.2. The van der Waals surface area contributed by atoms with Crippen LogP contribution >= 0.6 is 0 Å². The summed E-state index contributed by atoms with van der Waals surface area (Å²) in [7, 11) is 3.29. The molecular weight excluding hydrogens is 498 g/mol. The minimum Gasteiger partial charge on any atom is -0.495 e. The van der Waals surface area contributed by atoms with Crippen molar-refractivity contribution in [2.75, 3.05) is 19.5 Å². The fourth-order valence-corrected chi connectivity index (χ4v) is 5.30. The van der Waals surface area contributed by atoms with Crippen molar-refractivity contribution in [2.24, 2.45) is 4.99 Å². The number of nitrogens with zero attached hydrogens (tertiary/aromatic N) is 4. The number of ether oxygens (including phenoxy) is 1. The Morgan fingerprint density at radius 3 is 2.52 bits per heavy atom. The molecule has 3 N–H and O–H groups in total. The Labute approximate surface area is 237 Å². The van der Waals surface area contributed by atoms with Gasteiger partial charge in [0.1, 0.15) is 23.2 Å². The van der Waals surface area contributed by atoms with Crippen LogP contribution in [0.3, 0.4) is 0 Å². The Balaban J connectivity index is 1.80. The van der Waals surface area contributed by atoms with Crippen LogP contribution in [0, 0.1) is 17.7 Å². The molecule has 0 amide bonds. The number of hydrogen-bond acceptors (Lipinski definition) is 5. The molecule has 0 atom stereocenters. The van der Waals surface area contributed by atoms with Gasteiger partial charge in [-0.1, -0.05) is 30.9 Å². The Hall–Kier alpha value is -4.20.